The molecule has 0 aliphatic carbocycles. The predicted molar refractivity (Wildman–Crippen MR) is 71.8 cm³/mol. The normalized spacial score (nSPS) is 13.0. The third-order valence-electron chi connectivity index (χ3n) is 2.88. The number of nitrogens with zero attached hydrogens (tertiary/aromatic N) is 1. The van der Waals surface area contributed by atoms with Crippen molar-refractivity contribution in [2.45, 2.75) is 19.4 Å². The van der Waals surface area contributed by atoms with E-state index in [1.807, 2.05) is 30.7 Å². The van der Waals surface area contributed by atoms with Gasteiger partial charge < -0.3 is 15.0 Å². The van der Waals surface area contributed by atoms with Crippen molar-refractivity contribution in [3.05, 3.63) is 28.9 Å². The number of methoxy groups -OCH3 is 1. The van der Waals surface area contributed by atoms with Crippen molar-refractivity contribution in [1.29, 1.82) is 0 Å². The Bertz CT molecular complexity index is 546. The van der Waals surface area contributed by atoms with Crippen LogP contribution in [0.15, 0.2) is 18.3 Å². The van der Waals surface area contributed by atoms with Crippen LogP contribution >= 0.6 is 11.6 Å². The van der Waals surface area contributed by atoms with Crippen LogP contribution in [0.4, 0.5) is 0 Å². The molecular formula is C13H17ClN2O. The zero-order chi connectivity index (χ0) is 12.6. The van der Waals surface area contributed by atoms with Crippen molar-refractivity contribution in [1.82, 2.24) is 4.57 Å². The predicted octanol–water partition coefficient (Wildman–Crippen LogP) is 2.73. The number of aryl methyl sites for hydroxylation is 1. The quantitative estimate of drug-likeness (QED) is 0.913. The molecule has 0 bridgehead atoms. The fourth-order valence-electron chi connectivity index (χ4n) is 2.24. The number of halogens is 1. The van der Waals surface area contributed by atoms with E-state index in [4.69, 9.17) is 22.1 Å². The molecule has 1 aromatic carbocycles. The number of rotatable bonds is 3. The van der Waals surface area contributed by atoms with Gasteiger partial charge in [0.15, 0.2) is 0 Å². The van der Waals surface area contributed by atoms with Crippen LogP contribution in [0.2, 0.25) is 5.02 Å². The van der Waals surface area contributed by atoms with E-state index in [2.05, 4.69) is 6.20 Å². The summed E-state index contributed by atoms with van der Waals surface area (Å²) in [4.78, 5) is 0. The Balaban J connectivity index is 2.73. The molecule has 0 saturated carbocycles. The second-order valence-electron chi connectivity index (χ2n) is 4.42. The lowest BCUT2D eigenvalue weighted by Gasteiger charge is -2.07. The Morgan fingerprint density at radius 1 is 1.47 bits per heavy atom. The summed E-state index contributed by atoms with van der Waals surface area (Å²) >= 11 is 6.23. The maximum Gasteiger partial charge on any atom is 0.128 e. The van der Waals surface area contributed by atoms with Crippen LogP contribution in [0.5, 0.6) is 5.75 Å². The minimum atomic E-state index is 0.115. The summed E-state index contributed by atoms with van der Waals surface area (Å²) in [6, 6.07) is 3.87. The van der Waals surface area contributed by atoms with Crippen molar-refractivity contribution >= 4 is 22.5 Å². The van der Waals surface area contributed by atoms with E-state index in [1.54, 1.807) is 7.11 Å². The Labute approximate surface area is 106 Å². The standard InChI is InChI=1S/C13H17ClN2O/c1-8(15)6-9-7-16(2)13-10(14)4-5-11(17-3)12(9)13/h4-5,7-8H,6,15H2,1-3H3. The highest BCUT2D eigenvalue weighted by Crippen LogP contribution is 2.35. The van der Waals surface area contributed by atoms with E-state index in [-0.39, 0.29) is 6.04 Å². The lowest BCUT2D eigenvalue weighted by molar-refractivity contribution is 0.419. The minimum absolute atomic E-state index is 0.115. The Morgan fingerprint density at radius 3 is 2.76 bits per heavy atom. The molecule has 0 amide bonds. The van der Waals surface area contributed by atoms with Crippen LogP contribution in [-0.2, 0) is 13.5 Å². The molecule has 0 fully saturated rings. The average Bonchev–Trinajstić information content (AvgIpc) is 2.57. The first-order chi connectivity index (χ1) is 8.04. The fraction of sp³-hybridized carbons (Fsp3) is 0.385. The summed E-state index contributed by atoms with van der Waals surface area (Å²) in [7, 11) is 3.66. The van der Waals surface area contributed by atoms with Crippen molar-refractivity contribution in [3.63, 3.8) is 0 Å². The summed E-state index contributed by atoms with van der Waals surface area (Å²) in [5, 5.41) is 1.80. The molecule has 0 aliphatic heterocycles. The first kappa shape index (κ1) is 12.3. The molecule has 1 unspecified atom stereocenters. The van der Waals surface area contributed by atoms with Crippen molar-refractivity contribution in [3.8, 4) is 5.75 Å². The monoisotopic (exact) mass is 252 g/mol. The smallest absolute Gasteiger partial charge is 0.128 e. The van der Waals surface area contributed by atoms with Crippen LogP contribution in [0.25, 0.3) is 10.9 Å². The van der Waals surface area contributed by atoms with Crippen LogP contribution in [0, 0.1) is 0 Å². The van der Waals surface area contributed by atoms with Crippen molar-refractivity contribution in [2.24, 2.45) is 12.8 Å². The molecule has 17 heavy (non-hydrogen) atoms. The zero-order valence-corrected chi connectivity index (χ0v) is 11.1. The zero-order valence-electron chi connectivity index (χ0n) is 10.3. The molecule has 1 heterocycles. The molecule has 1 atom stereocenters. The van der Waals surface area contributed by atoms with E-state index in [1.165, 1.54) is 5.56 Å². The van der Waals surface area contributed by atoms with Gasteiger partial charge in [0.2, 0.25) is 0 Å². The number of hydrogen-bond acceptors (Lipinski definition) is 2. The minimum Gasteiger partial charge on any atom is -0.496 e. The molecule has 3 nitrogen and oxygen atoms in total. The van der Waals surface area contributed by atoms with E-state index in [9.17, 15) is 0 Å². The van der Waals surface area contributed by atoms with E-state index in [0.717, 1.165) is 28.1 Å². The highest BCUT2D eigenvalue weighted by atomic mass is 35.5. The van der Waals surface area contributed by atoms with Crippen molar-refractivity contribution in [2.75, 3.05) is 7.11 Å². The van der Waals surface area contributed by atoms with Crippen LogP contribution in [0.1, 0.15) is 12.5 Å². The molecule has 92 valence electrons. The van der Waals surface area contributed by atoms with Gasteiger partial charge in [-0.25, -0.2) is 0 Å². The maximum absolute atomic E-state index is 6.23. The third-order valence-corrected chi connectivity index (χ3v) is 3.18. The SMILES string of the molecule is COc1ccc(Cl)c2c1c(CC(C)N)cn2C. The second kappa shape index (κ2) is 4.59. The molecule has 0 spiro atoms. The average molecular weight is 253 g/mol. The number of hydrogen-bond donors (Lipinski definition) is 1. The highest BCUT2D eigenvalue weighted by Gasteiger charge is 2.15. The first-order valence-electron chi connectivity index (χ1n) is 5.60. The fourth-order valence-corrected chi connectivity index (χ4v) is 2.53. The third kappa shape index (κ3) is 2.13. The maximum atomic E-state index is 6.23. The molecule has 0 radical (unpaired) electrons. The second-order valence-corrected chi connectivity index (χ2v) is 4.83. The molecular weight excluding hydrogens is 236 g/mol. The van der Waals surface area contributed by atoms with Gasteiger partial charge in [0.1, 0.15) is 5.75 Å². The first-order valence-corrected chi connectivity index (χ1v) is 5.98. The van der Waals surface area contributed by atoms with Gasteiger partial charge >= 0.3 is 0 Å². The number of ether oxygens (including phenoxy) is 1. The largest absolute Gasteiger partial charge is 0.496 e. The summed E-state index contributed by atoms with van der Waals surface area (Å²) in [5.41, 5.74) is 8.05. The summed E-state index contributed by atoms with van der Waals surface area (Å²) in [5.74, 6) is 0.848. The van der Waals surface area contributed by atoms with Crippen molar-refractivity contribution < 1.29 is 4.74 Å². The number of nitrogens with two attached hydrogens (primary N) is 1. The van der Waals surface area contributed by atoms with Gasteiger partial charge in [0.25, 0.3) is 0 Å². The van der Waals surface area contributed by atoms with Gasteiger partial charge in [-0.1, -0.05) is 11.6 Å². The Hall–Kier alpha value is -1.19. The van der Waals surface area contributed by atoms with Gasteiger partial charge in [0, 0.05) is 24.7 Å². The summed E-state index contributed by atoms with van der Waals surface area (Å²) in [6.07, 6.45) is 2.89. The number of benzene rings is 1. The van der Waals surface area contributed by atoms with Gasteiger partial charge in [0.05, 0.1) is 17.6 Å². The van der Waals surface area contributed by atoms with Gasteiger partial charge in [-0.3, -0.25) is 0 Å². The molecule has 2 N–H and O–H groups in total. The lowest BCUT2D eigenvalue weighted by Crippen LogP contribution is -2.17. The summed E-state index contributed by atoms with van der Waals surface area (Å²) in [6.45, 7) is 2.00. The number of fused-ring (bicyclic) bond motifs is 1. The lowest BCUT2D eigenvalue weighted by atomic mass is 10.1. The Kier molecular flexibility index (Phi) is 3.31. The van der Waals surface area contributed by atoms with Gasteiger partial charge in [-0.2, -0.15) is 0 Å². The van der Waals surface area contributed by atoms with Gasteiger partial charge in [-0.05, 0) is 31.0 Å². The Morgan fingerprint density at radius 2 is 2.18 bits per heavy atom. The molecule has 2 aromatic rings. The number of aromatic nitrogens is 1. The van der Waals surface area contributed by atoms with Crippen LogP contribution in [0.3, 0.4) is 0 Å². The van der Waals surface area contributed by atoms with Crippen LogP contribution < -0.4 is 10.5 Å². The van der Waals surface area contributed by atoms with E-state index >= 15 is 0 Å². The topological polar surface area (TPSA) is 40.2 Å². The molecule has 0 saturated heterocycles. The van der Waals surface area contributed by atoms with E-state index in [0.29, 0.717) is 0 Å². The van der Waals surface area contributed by atoms with Crippen LogP contribution in [-0.4, -0.2) is 17.7 Å². The highest BCUT2D eigenvalue weighted by molar-refractivity contribution is 6.35. The molecule has 4 heteroatoms. The van der Waals surface area contributed by atoms with Gasteiger partial charge in [-0.15, -0.1) is 0 Å². The molecule has 2 rings (SSSR count). The summed E-state index contributed by atoms with van der Waals surface area (Å²) < 4.78 is 7.43. The van der Waals surface area contributed by atoms with E-state index < -0.39 is 0 Å². The molecule has 0 aliphatic rings. The molecule has 1 aromatic heterocycles.